The fourth-order valence-electron chi connectivity index (χ4n) is 2.14. The van der Waals surface area contributed by atoms with Gasteiger partial charge < -0.3 is 14.8 Å². The number of hydrogen-bond acceptors (Lipinski definition) is 3. The lowest BCUT2D eigenvalue weighted by Gasteiger charge is -2.22. The SMILES string of the molecule is COc1c(OCCC(F)(F)F)ccc2c1CCNC2. The highest BCUT2D eigenvalue weighted by Crippen LogP contribution is 2.35. The summed E-state index contributed by atoms with van der Waals surface area (Å²) in [5, 5.41) is 3.23. The van der Waals surface area contributed by atoms with Gasteiger partial charge in [0.25, 0.3) is 0 Å². The van der Waals surface area contributed by atoms with E-state index in [1.165, 1.54) is 7.11 Å². The summed E-state index contributed by atoms with van der Waals surface area (Å²) in [6, 6.07) is 3.54. The second-order valence-corrected chi connectivity index (χ2v) is 4.38. The van der Waals surface area contributed by atoms with Gasteiger partial charge in [-0.05, 0) is 24.6 Å². The largest absolute Gasteiger partial charge is 0.493 e. The van der Waals surface area contributed by atoms with Crippen LogP contribution in [0.1, 0.15) is 17.5 Å². The molecule has 1 heterocycles. The second-order valence-electron chi connectivity index (χ2n) is 4.38. The van der Waals surface area contributed by atoms with Crippen LogP contribution in [0, 0.1) is 0 Å². The molecule has 0 unspecified atom stereocenters. The zero-order valence-corrected chi connectivity index (χ0v) is 10.6. The van der Waals surface area contributed by atoms with Gasteiger partial charge in [-0.15, -0.1) is 0 Å². The molecule has 0 fully saturated rings. The maximum absolute atomic E-state index is 12.1. The molecule has 19 heavy (non-hydrogen) atoms. The molecule has 0 amide bonds. The zero-order valence-electron chi connectivity index (χ0n) is 10.6. The molecule has 1 aliphatic rings. The van der Waals surface area contributed by atoms with E-state index in [0.29, 0.717) is 11.5 Å². The van der Waals surface area contributed by atoms with Crippen LogP contribution in [0.4, 0.5) is 13.2 Å². The Kier molecular flexibility index (Phi) is 4.19. The number of benzene rings is 1. The van der Waals surface area contributed by atoms with E-state index in [0.717, 1.165) is 30.6 Å². The summed E-state index contributed by atoms with van der Waals surface area (Å²) in [4.78, 5) is 0. The second kappa shape index (κ2) is 5.69. The Morgan fingerprint density at radius 3 is 2.79 bits per heavy atom. The fourth-order valence-corrected chi connectivity index (χ4v) is 2.14. The smallest absolute Gasteiger partial charge is 0.392 e. The van der Waals surface area contributed by atoms with Gasteiger partial charge in [0.1, 0.15) is 0 Å². The van der Waals surface area contributed by atoms with Crippen LogP contribution >= 0.6 is 0 Å². The number of hydrogen-bond donors (Lipinski definition) is 1. The molecule has 1 aromatic carbocycles. The number of alkyl halides is 3. The minimum absolute atomic E-state index is 0.382. The van der Waals surface area contributed by atoms with Crippen molar-refractivity contribution in [1.82, 2.24) is 5.32 Å². The molecule has 0 atom stereocenters. The van der Waals surface area contributed by atoms with Crippen molar-refractivity contribution in [2.45, 2.75) is 25.6 Å². The Morgan fingerprint density at radius 2 is 2.11 bits per heavy atom. The van der Waals surface area contributed by atoms with Gasteiger partial charge in [-0.25, -0.2) is 0 Å². The average molecular weight is 275 g/mol. The van der Waals surface area contributed by atoms with Gasteiger partial charge in [0.15, 0.2) is 11.5 Å². The molecular weight excluding hydrogens is 259 g/mol. The molecule has 0 saturated heterocycles. The van der Waals surface area contributed by atoms with Gasteiger partial charge in [-0.2, -0.15) is 13.2 Å². The van der Waals surface area contributed by atoms with Gasteiger partial charge in [0.2, 0.25) is 0 Å². The quantitative estimate of drug-likeness (QED) is 0.916. The summed E-state index contributed by atoms with van der Waals surface area (Å²) in [7, 11) is 1.51. The number of halogens is 3. The van der Waals surface area contributed by atoms with E-state index in [1.54, 1.807) is 6.07 Å². The van der Waals surface area contributed by atoms with Crippen molar-refractivity contribution in [2.24, 2.45) is 0 Å². The molecular formula is C13H16F3NO2. The molecule has 0 aliphatic carbocycles. The van der Waals surface area contributed by atoms with E-state index in [1.807, 2.05) is 6.07 Å². The highest BCUT2D eigenvalue weighted by Gasteiger charge is 2.27. The van der Waals surface area contributed by atoms with E-state index >= 15 is 0 Å². The van der Waals surface area contributed by atoms with Crippen LogP contribution in [0.3, 0.4) is 0 Å². The monoisotopic (exact) mass is 275 g/mol. The number of rotatable bonds is 4. The molecule has 0 bridgehead atoms. The molecule has 0 radical (unpaired) electrons. The summed E-state index contributed by atoms with van der Waals surface area (Å²) in [5.41, 5.74) is 2.12. The summed E-state index contributed by atoms with van der Waals surface area (Å²) in [6.07, 6.45) is -4.38. The Balaban J connectivity index is 2.12. The first-order valence-electron chi connectivity index (χ1n) is 6.10. The van der Waals surface area contributed by atoms with Crippen LogP contribution in [0.2, 0.25) is 0 Å². The molecule has 6 heteroatoms. The molecule has 0 spiro atoms. The van der Waals surface area contributed by atoms with Crippen LogP contribution in [-0.4, -0.2) is 26.4 Å². The first-order chi connectivity index (χ1) is 9.01. The maximum atomic E-state index is 12.1. The molecule has 1 aliphatic heterocycles. The van der Waals surface area contributed by atoms with E-state index < -0.39 is 19.2 Å². The van der Waals surface area contributed by atoms with Crippen molar-refractivity contribution in [2.75, 3.05) is 20.3 Å². The van der Waals surface area contributed by atoms with Gasteiger partial charge in [0, 0.05) is 12.1 Å². The number of ether oxygens (including phenoxy) is 2. The lowest BCUT2D eigenvalue weighted by Crippen LogP contribution is -2.24. The highest BCUT2D eigenvalue weighted by molar-refractivity contribution is 5.51. The molecule has 3 nitrogen and oxygen atoms in total. The van der Waals surface area contributed by atoms with Crippen LogP contribution in [0.15, 0.2) is 12.1 Å². The van der Waals surface area contributed by atoms with Gasteiger partial charge >= 0.3 is 6.18 Å². The highest BCUT2D eigenvalue weighted by atomic mass is 19.4. The third-order valence-corrected chi connectivity index (χ3v) is 3.04. The number of methoxy groups -OCH3 is 1. The first kappa shape index (κ1) is 14.0. The summed E-state index contributed by atoms with van der Waals surface area (Å²) in [5.74, 6) is 0.938. The zero-order chi connectivity index (χ0) is 13.9. The molecule has 1 N–H and O–H groups in total. The predicted octanol–water partition coefficient (Wildman–Crippen LogP) is 2.67. The summed E-state index contributed by atoms with van der Waals surface area (Å²) >= 11 is 0. The lowest BCUT2D eigenvalue weighted by molar-refractivity contribution is -0.139. The van der Waals surface area contributed by atoms with Crippen molar-refractivity contribution in [1.29, 1.82) is 0 Å². The van der Waals surface area contributed by atoms with Crippen molar-refractivity contribution in [3.63, 3.8) is 0 Å². The Morgan fingerprint density at radius 1 is 1.32 bits per heavy atom. The maximum Gasteiger partial charge on any atom is 0.392 e. The standard InChI is InChI=1S/C13H16F3NO2/c1-18-12-10-4-6-17-8-9(10)2-3-11(12)19-7-5-13(14,15)16/h2-3,17H,4-8H2,1H3. The number of nitrogens with one attached hydrogen (secondary N) is 1. The third-order valence-electron chi connectivity index (χ3n) is 3.04. The predicted molar refractivity (Wildman–Crippen MR) is 64.6 cm³/mol. The van der Waals surface area contributed by atoms with Crippen molar-refractivity contribution in [3.05, 3.63) is 23.3 Å². The van der Waals surface area contributed by atoms with Crippen LogP contribution in [-0.2, 0) is 13.0 Å². The third kappa shape index (κ3) is 3.53. The average Bonchev–Trinajstić information content (AvgIpc) is 2.37. The van der Waals surface area contributed by atoms with Gasteiger partial charge in [-0.3, -0.25) is 0 Å². The Labute approximate surface area is 109 Å². The molecule has 0 saturated carbocycles. The molecule has 2 rings (SSSR count). The molecule has 0 aromatic heterocycles. The minimum atomic E-state index is -4.20. The van der Waals surface area contributed by atoms with E-state index in [-0.39, 0.29) is 0 Å². The normalized spacial score (nSPS) is 14.9. The van der Waals surface area contributed by atoms with Crippen molar-refractivity contribution >= 4 is 0 Å². The summed E-state index contributed by atoms with van der Waals surface area (Å²) < 4.78 is 46.8. The van der Waals surface area contributed by atoms with Crippen molar-refractivity contribution < 1.29 is 22.6 Å². The van der Waals surface area contributed by atoms with Gasteiger partial charge in [-0.1, -0.05) is 6.07 Å². The van der Waals surface area contributed by atoms with Gasteiger partial charge in [0.05, 0.1) is 20.1 Å². The fraction of sp³-hybridized carbons (Fsp3) is 0.538. The Hall–Kier alpha value is -1.43. The van der Waals surface area contributed by atoms with E-state index in [4.69, 9.17) is 9.47 Å². The topological polar surface area (TPSA) is 30.5 Å². The molecule has 106 valence electrons. The van der Waals surface area contributed by atoms with Crippen LogP contribution < -0.4 is 14.8 Å². The molecule has 1 aromatic rings. The van der Waals surface area contributed by atoms with Crippen LogP contribution in [0.5, 0.6) is 11.5 Å². The lowest BCUT2D eigenvalue weighted by atomic mass is 9.99. The van der Waals surface area contributed by atoms with Crippen LogP contribution in [0.25, 0.3) is 0 Å². The minimum Gasteiger partial charge on any atom is -0.493 e. The summed E-state index contributed by atoms with van der Waals surface area (Å²) in [6.45, 7) is 1.18. The first-order valence-corrected chi connectivity index (χ1v) is 6.10. The Bertz CT molecular complexity index is 446. The van der Waals surface area contributed by atoms with E-state index in [9.17, 15) is 13.2 Å². The van der Waals surface area contributed by atoms with Crippen molar-refractivity contribution in [3.8, 4) is 11.5 Å². The van der Waals surface area contributed by atoms with E-state index in [2.05, 4.69) is 5.32 Å². The number of fused-ring (bicyclic) bond motifs is 1.